The van der Waals surface area contributed by atoms with Gasteiger partial charge < -0.3 is 15.0 Å². The second-order valence-electron chi connectivity index (χ2n) is 3.83. The Morgan fingerprint density at radius 3 is 3.00 bits per heavy atom. The van der Waals surface area contributed by atoms with Gasteiger partial charge in [-0.3, -0.25) is 0 Å². The number of rotatable bonds is 7. The first kappa shape index (κ1) is 12.2. The Balaban J connectivity index is 2.16. The molecule has 4 heteroatoms. The molecule has 86 valence electrons. The Morgan fingerprint density at radius 1 is 1.60 bits per heavy atom. The Morgan fingerprint density at radius 2 is 2.40 bits per heavy atom. The fourth-order valence-corrected chi connectivity index (χ4v) is 1.41. The van der Waals surface area contributed by atoms with Crippen molar-refractivity contribution in [2.75, 3.05) is 13.2 Å². The molecular weight excluding hydrogens is 190 g/mol. The molecule has 1 atom stereocenters. The van der Waals surface area contributed by atoms with Crippen LogP contribution >= 0.6 is 0 Å². The molecule has 1 rings (SSSR count). The number of nitrogens with two attached hydrogens (primary N) is 1. The number of imidazole rings is 1. The molecule has 15 heavy (non-hydrogen) atoms. The van der Waals surface area contributed by atoms with Crippen LogP contribution in [0.3, 0.4) is 0 Å². The van der Waals surface area contributed by atoms with E-state index in [2.05, 4.69) is 11.9 Å². The van der Waals surface area contributed by atoms with Crippen molar-refractivity contribution >= 4 is 0 Å². The molecule has 0 saturated heterocycles. The van der Waals surface area contributed by atoms with E-state index < -0.39 is 0 Å². The molecule has 0 bridgehead atoms. The molecule has 1 aromatic rings. The molecule has 0 amide bonds. The molecule has 0 saturated carbocycles. The van der Waals surface area contributed by atoms with E-state index in [4.69, 9.17) is 10.5 Å². The van der Waals surface area contributed by atoms with Gasteiger partial charge in [0.05, 0.1) is 6.61 Å². The topological polar surface area (TPSA) is 53.1 Å². The van der Waals surface area contributed by atoms with Gasteiger partial charge in [0.2, 0.25) is 0 Å². The average Bonchev–Trinajstić information content (AvgIpc) is 2.61. The highest BCUT2D eigenvalue weighted by Crippen LogP contribution is 2.01. The van der Waals surface area contributed by atoms with Crippen LogP contribution in [-0.4, -0.2) is 28.8 Å². The number of aromatic nitrogens is 2. The molecule has 0 aliphatic rings. The molecule has 1 unspecified atom stereocenters. The first-order valence-corrected chi connectivity index (χ1v) is 5.53. The third-order valence-electron chi connectivity index (χ3n) is 2.34. The first-order chi connectivity index (χ1) is 7.24. The van der Waals surface area contributed by atoms with E-state index in [9.17, 15) is 0 Å². The van der Waals surface area contributed by atoms with Gasteiger partial charge in [-0.05, 0) is 12.8 Å². The van der Waals surface area contributed by atoms with Crippen molar-refractivity contribution in [3.05, 3.63) is 18.2 Å². The molecule has 1 heterocycles. The summed E-state index contributed by atoms with van der Waals surface area (Å²) >= 11 is 0. The number of hydrogen-bond donors (Lipinski definition) is 1. The van der Waals surface area contributed by atoms with Gasteiger partial charge in [0.1, 0.15) is 5.82 Å². The van der Waals surface area contributed by atoms with Gasteiger partial charge in [0, 0.05) is 38.5 Å². The van der Waals surface area contributed by atoms with Gasteiger partial charge in [0.15, 0.2) is 0 Å². The minimum absolute atomic E-state index is 0.119. The van der Waals surface area contributed by atoms with Crippen molar-refractivity contribution in [2.45, 2.75) is 32.2 Å². The minimum Gasteiger partial charge on any atom is -0.380 e. The van der Waals surface area contributed by atoms with Crippen LogP contribution in [0.4, 0.5) is 0 Å². The molecule has 4 nitrogen and oxygen atoms in total. The minimum atomic E-state index is 0.119. The maximum absolute atomic E-state index is 5.92. The van der Waals surface area contributed by atoms with E-state index in [0.717, 1.165) is 31.7 Å². The zero-order valence-electron chi connectivity index (χ0n) is 9.65. The van der Waals surface area contributed by atoms with Gasteiger partial charge in [-0.25, -0.2) is 4.98 Å². The zero-order chi connectivity index (χ0) is 11.1. The van der Waals surface area contributed by atoms with Crippen LogP contribution in [0.2, 0.25) is 0 Å². The lowest BCUT2D eigenvalue weighted by atomic mass is 10.2. The highest BCUT2D eigenvalue weighted by molar-refractivity contribution is 4.91. The van der Waals surface area contributed by atoms with E-state index in [1.54, 1.807) is 0 Å². The van der Waals surface area contributed by atoms with E-state index in [1.807, 2.05) is 24.0 Å². The number of hydrogen-bond acceptors (Lipinski definition) is 3. The van der Waals surface area contributed by atoms with Crippen molar-refractivity contribution < 1.29 is 4.74 Å². The summed E-state index contributed by atoms with van der Waals surface area (Å²) in [4.78, 5) is 4.25. The molecule has 0 radical (unpaired) electrons. The summed E-state index contributed by atoms with van der Waals surface area (Å²) in [6.45, 7) is 3.55. The van der Waals surface area contributed by atoms with E-state index >= 15 is 0 Å². The van der Waals surface area contributed by atoms with Crippen molar-refractivity contribution in [1.82, 2.24) is 9.55 Å². The molecular formula is C11H21N3O. The zero-order valence-corrected chi connectivity index (χ0v) is 9.65. The summed E-state index contributed by atoms with van der Waals surface area (Å²) < 4.78 is 7.42. The number of ether oxygens (including phenoxy) is 1. The normalized spacial score (nSPS) is 13.0. The molecule has 0 aliphatic heterocycles. The quantitative estimate of drug-likeness (QED) is 0.687. The standard InChI is InChI=1S/C11H21N3O/c1-3-8-15-9-10(12)4-5-11-13-6-7-14(11)2/h6-7,10H,3-5,8-9,12H2,1-2H3. The predicted molar refractivity (Wildman–Crippen MR) is 60.6 cm³/mol. The maximum atomic E-state index is 5.92. The Labute approximate surface area is 91.4 Å². The Bertz CT molecular complexity index is 273. The molecule has 0 aliphatic carbocycles. The monoisotopic (exact) mass is 211 g/mol. The molecule has 0 spiro atoms. The highest BCUT2D eigenvalue weighted by atomic mass is 16.5. The summed E-state index contributed by atoms with van der Waals surface area (Å²) in [6, 6.07) is 0.119. The average molecular weight is 211 g/mol. The van der Waals surface area contributed by atoms with Crippen molar-refractivity contribution in [3.63, 3.8) is 0 Å². The smallest absolute Gasteiger partial charge is 0.108 e. The van der Waals surface area contributed by atoms with Crippen LogP contribution in [0.15, 0.2) is 12.4 Å². The summed E-state index contributed by atoms with van der Waals surface area (Å²) in [6.07, 6.45) is 6.66. The van der Waals surface area contributed by atoms with E-state index in [1.165, 1.54) is 0 Å². The lowest BCUT2D eigenvalue weighted by Gasteiger charge is -2.11. The third kappa shape index (κ3) is 4.44. The molecule has 1 aromatic heterocycles. The molecule has 0 aromatic carbocycles. The summed E-state index contributed by atoms with van der Waals surface area (Å²) in [5.74, 6) is 1.08. The van der Waals surface area contributed by atoms with Gasteiger partial charge in [-0.2, -0.15) is 0 Å². The highest BCUT2D eigenvalue weighted by Gasteiger charge is 2.05. The van der Waals surface area contributed by atoms with E-state index in [-0.39, 0.29) is 6.04 Å². The third-order valence-corrected chi connectivity index (χ3v) is 2.34. The van der Waals surface area contributed by atoms with Gasteiger partial charge in [-0.1, -0.05) is 6.92 Å². The lowest BCUT2D eigenvalue weighted by Crippen LogP contribution is -2.27. The second kappa shape index (κ2) is 6.58. The molecule has 0 fully saturated rings. The van der Waals surface area contributed by atoms with Gasteiger partial charge in [-0.15, -0.1) is 0 Å². The fraction of sp³-hybridized carbons (Fsp3) is 0.727. The van der Waals surface area contributed by atoms with Crippen LogP contribution in [0, 0.1) is 0 Å². The van der Waals surface area contributed by atoms with Gasteiger partial charge in [0.25, 0.3) is 0 Å². The second-order valence-corrected chi connectivity index (χ2v) is 3.83. The van der Waals surface area contributed by atoms with Crippen LogP contribution in [0.1, 0.15) is 25.6 Å². The fourth-order valence-electron chi connectivity index (χ4n) is 1.41. The Kier molecular flexibility index (Phi) is 5.36. The van der Waals surface area contributed by atoms with Crippen LogP contribution in [-0.2, 0) is 18.2 Å². The van der Waals surface area contributed by atoms with Crippen molar-refractivity contribution in [1.29, 1.82) is 0 Å². The summed E-state index contributed by atoms with van der Waals surface area (Å²) in [5, 5.41) is 0. The Hall–Kier alpha value is -0.870. The maximum Gasteiger partial charge on any atom is 0.108 e. The molecule has 2 N–H and O–H groups in total. The van der Waals surface area contributed by atoms with Crippen molar-refractivity contribution in [2.24, 2.45) is 12.8 Å². The number of nitrogens with zero attached hydrogens (tertiary/aromatic N) is 2. The summed E-state index contributed by atoms with van der Waals surface area (Å²) in [5.41, 5.74) is 5.92. The lowest BCUT2D eigenvalue weighted by molar-refractivity contribution is 0.119. The van der Waals surface area contributed by atoms with Crippen molar-refractivity contribution in [3.8, 4) is 0 Å². The van der Waals surface area contributed by atoms with Crippen LogP contribution < -0.4 is 5.73 Å². The number of aryl methyl sites for hydroxylation is 2. The largest absolute Gasteiger partial charge is 0.380 e. The SMILES string of the molecule is CCCOCC(N)CCc1nccn1C. The van der Waals surface area contributed by atoms with Gasteiger partial charge >= 0.3 is 0 Å². The van der Waals surface area contributed by atoms with Crippen LogP contribution in [0.25, 0.3) is 0 Å². The van der Waals surface area contributed by atoms with Crippen LogP contribution in [0.5, 0.6) is 0 Å². The van der Waals surface area contributed by atoms with E-state index in [0.29, 0.717) is 6.61 Å². The first-order valence-electron chi connectivity index (χ1n) is 5.53. The summed E-state index contributed by atoms with van der Waals surface area (Å²) in [7, 11) is 2.00. The predicted octanol–water partition coefficient (Wildman–Crippen LogP) is 1.11.